The average Bonchev–Trinajstić information content (AvgIpc) is 3.28. The van der Waals surface area contributed by atoms with Crippen LogP contribution in [0.2, 0.25) is 0 Å². The molecular weight excluding hydrogens is 330 g/mol. The Balaban J connectivity index is 1.44. The van der Waals surface area contributed by atoms with Gasteiger partial charge in [0, 0.05) is 12.2 Å². The molecule has 130 valence electrons. The monoisotopic (exact) mass is 347 g/mol. The van der Waals surface area contributed by atoms with Gasteiger partial charge >= 0.3 is 0 Å². The van der Waals surface area contributed by atoms with Gasteiger partial charge in [-0.3, -0.25) is 19.7 Å². The molecule has 3 N–H and O–H groups in total. The molecule has 2 amide bonds. The molecule has 0 fully saturated rings. The van der Waals surface area contributed by atoms with Gasteiger partial charge in [0.1, 0.15) is 11.4 Å². The van der Waals surface area contributed by atoms with E-state index >= 15 is 0 Å². The van der Waals surface area contributed by atoms with Gasteiger partial charge in [-0.25, -0.2) is 0 Å². The van der Waals surface area contributed by atoms with Gasteiger partial charge in [0.15, 0.2) is 0 Å². The number of fused-ring (bicyclic) bond motifs is 1. The first kappa shape index (κ1) is 16.0. The predicted molar refractivity (Wildman–Crippen MR) is 95.9 cm³/mol. The molecule has 1 aliphatic carbocycles. The number of aromatic nitrogens is 3. The highest BCUT2D eigenvalue weighted by Gasteiger charge is 2.25. The van der Waals surface area contributed by atoms with Crippen LogP contribution >= 0.6 is 0 Å². The molecule has 0 spiro atoms. The third kappa shape index (κ3) is 3.19. The molecule has 2 heterocycles. The lowest BCUT2D eigenvalue weighted by molar-refractivity contribution is 0.0934. The van der Waals surface area contributed by atoms with Crippen LogP contribution in [0.4, 0.5) is 5.69 Å². The summed E-state index contributed by atoms with van der Waals surface area (Å²) in [6, 6.07) is 13.3. The predicted octanol–water partition coefficient (Wildman–Crippen LogP) is 1.95. The summed E-state index contributed by atoms with van der Waals surface area (Å²) in [5.41, 5.74) is 3.34. The number of amides is 2. The average molecular weight is 347 g/mol. The number of pyridine rings is 1. The molecule has 26 heavy (non-hydrogen) atoms. The second kappa shape index (κ2) is 6.79. The van der Waals surface area contributed by atoms with Crippen LogP contribution in [0.5, 0.6) is 0 Å². The smallest absolute Gasteiger partial charge is 0.274 e. The van der Waals surface area contributed by atoms with Gasteiger partial charge in [0.2, 0.25) is 0 Å². The van der Waals surface area contributed by atoms with Gasteiger partial charge in [-0.1, -0.05) is 30.3 Å². The number of nitrogens with one attached hydrogen (secondary N) is 3. The molecule has 1 aromatic carbocycles. The van der Waals surface area contributed by atoms with E-state index < -0.39 is 5.91 Å². The van der Waals surface area contributed by atoms with Crippen molar-refractivity contribution in [3.8, 4) is 0 Å². The van der Waals surface area contributed by atoms with E-state index in [4.69, 9.17) is 0 Å². The van der Waals surface area contributed by atoms with E-state index in [1.165, 1.54) is 23.5 Å². The Bertz CT molecular complexity index is 926. The van der Waals surface area contributed by atoms with Crippen LogP contribution in [-0.4, -0.2) is 33.0 Å². The summed E-state index contributed by atoms with van der Waals surface area (Å²) in [5.74, 6) is -0.689. The number of hydrogen-bond donors (Lipinski definition) is 3. The zero-order chi connectivity index (χ0) is 17.9. The fraction of sp³-hybridized carbons (Fsp3) is 0.158. The van der Waals surface area contributed by atoms with Crippen molar-refractivity contribution in [2.24, 2.45) is 0 Å². The fourth-order valence-corrected chi connectivity index (χ4v) is 3.16. The second-order valence-electron chi connectivity index (χ2n) is 6.18. The summed E-state index contributed by atoms with van der Waals surface area (Å²) in [5, 5.41) is 12.2. The molecule has 7 nitrogen and oxygen atoms in total. The molecule has 7 heteroatoms. The molecule has 0 saturated heterocycles. The third-order valence-electron chi connectivity index (χ3n) is 4.40. The minimum Gasteiger partial charge on any atom is -0.347 e. The number of carbonyl (C=O) groups is 2. The van der Waals surface area contributed by atoms with Crippen molar-refractivity contribution in [1.29, 1.82) is 0 Å². The zero-order valence-corrected chi connectivity index (χ0v) is 13.9. The molecule has 0 aliphatic heterocycles. The molecule has 0 unspecified atom stereocenters. The minimum absolute atomic E-state index is 0.0301. The summed E-state index contributed by atoms with van der Waals surface area (Å²) in [4.78, 5) is 28.8. The van der Waals surface area contributed by atoms with Gasteiger partial charge in [0.25, 0.3) is 11.8 Å². The van der Waals surface area contributed by atoms with E-state index in [0.717, 1.165) is 12.8 Å². The SMILES string of the molecule is O=C(Nc1cn[nH]c1C(=O)NC1Cc2ccccc2C1)c1ccccn1. The highest BCUT2D eigenvalue weighted by molar-refractivity contribution is 6.07. The van der Waals surface area contributed by atoms with Crippen LogP contribution in [0.1, 0.15) is 32.1 Å². The highest BCUT2D eigenvalue weighted by atomic mass is 16.2. The van der Waals surface area contributed by atoms with Gasteiger partial charge in [-0.05, 0) is 36.1 Å². The Hall–Kier alpha value is -3.48. The number of carbonyl (C=O) groups excluding carboxylic acids is 2. The lowest BCUT2D eigenvalue weighted by Crippen LogP contribution is -2.36. The van der Waals surface area contributed by atoms with Crippen LogP contribution in [0.15, 0.2) is 54.9 Å². The Morgan fingerprint density at radius 3 is 2.42 bits per heavy atom. The fourth-order valence-electron chi connectivity index (χ4n) is 3.16. The van der Waals surface area contributed by atoms with Crippen molar-refractivity contribution in [3.05, 3.63) is 77.4 Å². The summed E-state index contributed by atoms with van der Waals surface area (Å²) in [7, 11) is 0. The molecule has 0 bridgehead atoms. The lowest BCUT2D eigenvalue weighted by atomic mass is 10.1. The Morgan fingerprint density at radius 2 is 1.73 bits per heavy atom. The number of hydrogen-bond acceptors (Lipinski definition) is 4. The van der Waals surface area contributed by atoms with E-state index in [1.807, 2.05) is 12.1 Å². The number of rotatable bonds is 4. The lowest BCUT2D eigenvalue weighted by Gasteiger charge is -2.12. The van der Waals surface area contributed by atoms with Crippen molar-refractivity contribution in [2.45, 2.75) is 18.9 Å². The number of nitrogens with zero attached hydrogens (tertiary/aromatic N) is 2. The van der Waals surface area contributed by atoms with Crippen LogP contribution in [-0.2, 0) is 12.8 Å². The molecule has 1 aliphatic rings. The van der Waals surface area contributed by atoms with Crippen LogP contribution in [0.3, 0.4) is 0 Å². The third-order valence-corrected chi connectivity index (χ3v) is 4.40. The van der Waals surface area contributed by atoms with Crippen molar-refractivity contribution in [1.82, 2.24) is 20.5 Å². The molecule has 0 saturated carbocycles. The first-order valence-electron chi connectivity index (χ1n) is 8.34. The Labute approximate surface area is 149 Å². The summed E-state index contributed by atoms with van der Waals surface area (Å²) >= 11 is 0. The van der Waals surface area contributed by atoms with Crippen molar-refractivity contribution in [2.75, 3.05) is 5.32 Å². The van der Waals surface area contributed by atoms with E-state index in [-0.39, 0.29) is 23.3 Å². The van der Waals surface area contributed by atoms with Crippen molar-refractivity contribution in [3.63, 3.8) is 0 Å². The number of anilines is 1. The summed E-state index contributed by atoms with van der Waals surface area (Å²) in [6.45, 7) is 0. The normalized spacial score (nSPS) is 13.2. The maximum absolute atomic E-state index is 12.6. The summed E-state index contributed by atoms with van der Waals surface area (Å²) in [6.07, 6.45) is 4.55. The van der Waals surface area contributed by atoms with Gasteiger partial charge in [-0.15, -0.1) is 0 Å². The summed E-state index contributed by atoms with van der Waals surface area (Å²) < 4.78 is 0. The molecular formula is C19H17N5O2. The Kier molecular flexibility index (Phi) is 4.18. The number of aromatic amines is 1. The Morgan fingerprint density at radius 1 is 1.00 bits per heavy atom. The molecule has 4 rings (SSSR count). The first-order valence-corrected chi connectivity index (χ1v) is 8.34. The molecule has 0 atom stereocenters. The van der Waals surface area contributed by atoms with E-state index in [0.29, 0.717) is 5.69 Å². The van der Waals surface area contributed by atoms with E-state index in [9.17, 15) is 9.59 Å². The second-order valence-corrected chi connectivity index (χ2v) is 6.18. The van der Waals surface area contributed by atoms with E-state index in [2.05, 4.69) is 37.9 Å². The quantitative estimate of drug-likeness (QED) is 0.672. The molecule has 3 aromatic rings. The highest BCUT2D eigenvalue weighted by Crippen LogP contribution is 2.22. The minimum atomic E-state index is -0.394. The van der Waals surface area contributed by atoms with Gasteiger partial charge in [0.05, 0.1) is 11.9 Å². The number of H-pyrrole nitrogens is 1. The van der Waals surface area contributed by atoms with Gasteiger partial charge < -0.3 is 10.6 Å². The van der Waals surface area contributed by atoms with Crippen LogP contribution < -0.4 is 10.6 Å². The van der Waals surface area contributed by atoms with Crippen LogP contribution in [0, 0.1) is 0 Å². The standard InChI is InChI=1S/C19H17N5O2/c25-18(15-7-3-4-8-20-15)23-16-11-21-24-17(16)19(26)22-14-9-12-5-1-2-6-13(12)10-14/h1-8,11,14H,9-10H2,(H,21,24)(H,22,26)(H,23,25). The maximum atomic E-state index is 12.6. The van der Waals surface area contributed by atoms with Crippen molar-refractivity contribution < 1.29 is 9.59 Å². The van der Waals surface area contributed by atoms with Gasteiger partial charge in [-0.2, -0.15) is 5.10 Å². The zero-order valence-electron chi connectivity index (χ0n) is 13.9. The van der Waals surface area contributed by atoms with Crippen molar-refractivity contribution >= 4 is 17.5 Å². The number of benzene rings is 1. The maximum Gasteiger partial charge on any atom is 0.274 e. The largest absolute Gasteiger partial charge is 0.347 e. The molecule has 0 radical (unpaired) electrons. The van der Waals surface area contributed by atoms with Crippen LogP contribution in [0.25, 0.3) is 0 Å². The van der Waals surface area contributed by atoms with E-state index in [1.54, 1.807) is 18.2 Å². The first-order chi connectivity index (χ1) is 12.7. The molecule has 2 aromatic heterocycles. The topological polar surface area (TPSA) is 99.8 Å².